The van der Waals surface area contributed by atoms with E-state index in [1.807, 2.05) is 24.4 Å². The first-order valence-corrected chi connectivity index (χ1v) is 10.2. The fourth-order valence-corrected chi connectivity index (χ4v) is 4.11. The fraction of sp³-hybridized carbons (Fsp3) is 0.435. The molecule has 3 heterocycles. The maximum Gasteiger partial charge on any atom is 0.146 e. The van der Waals surface area contributed by atoms with Gasteiger partial charge < -0.3 is 14.7 Å². The van der Waals surface area contributed by atoms with Gasteiger partial charge in [-0.15, -0.1) is 0 Å². The van der Waals surface area contributed by atoms with Gasteiger partial charge >= 0.3 is 0 Å². The molecule has 1 aliphatic heterocycles. The zero-order chi connectivity index (χ0) is 18.6. The summed E-state index contributed by atoms with van der Waals surface area (Å²) in [6, 6.07) is 6.40. The molecular weight excluding hydrogens is 334 g/mol. The highest BCUT2D eigenvalue weighted by molar-refractivity contribution is 6.11. The van der Waals surface area contributed by atoms with Crippen molar-refractivity contribution in [3.8, 4) is 0 Å². The molecule has 2 N–H and O–H groups in total. The highest BCUT2D eigenvalue weighted by atomic mass is 16.5. The van der Waals surface area contributed by atoms with Crippen molar-refractivity contribution in [2.75, 3.05) is 7.11 Å². The van der Waals surface area contributed by atoms with Gasteiger partial charge in [-0.3, -0.25) is 0 Å². The predicted molar refractivity (Wildman–Crippen MR) is 111 cm³/mol. The van der Waals surface area contributed by atoms with Gasteiger partial charge in [-0.05, 0) is 55.0 Å². The van der Waals surface area contributed by atoms with Gasteiger partial charge in [0.15, 0.2) is 0 Å². The second-order valence-electron chi connectivity index (χ2n) is 7.69. The summed E-state index contributed by atoms with van der Waals surface area (Å²) in [6.07, 6.45) is 15.1. The van der Waals surface area contributed by atoms with Crippen molar-refractivity contribution in [3.05, 3.63) is 64.6 Å². The quantitative estimate of drug-likeness (QED) is 0.720. The SMILES string of the molecule is COC1=CC(c2ccc[nH]2)=NC1=Cc1[nH]c2cc1C(C)CCCCCCC2. The number of hydrogen-bond donors (Lipinski definition) is 2. The molecule has 0 amide bonds. The minimum atomic E-state index is 0.559. The Balaban J connectivity index is 1.69. The molecule has 0 fully saturated rings. The zero-order valence-electron chi connectivity index (χ0n) is 16.3. The van der Waals surface area contributed by atoms with Crippen LogP contribution in [0.4, 0.5) is 0 Å². The number of H-pyrrole nitrogens is 2. The van der Waals surface area contributed by atoms with Crippen molar-refractivity contribution in [2.45, 2.75) is 57.8 Å². The molecule has 0 aromatic carbocycles. The Kier molecular flexibility index (Phi) is 5.33. The van der Waals surface area contributed by atoms with E-state index < -0.39 is 0 Å². The van der Waals surface area contributed by atoms with E-state index in [4.69, 9.17) is 9.73 Å². The van der Waals surface area contributed by atoms with E-state index in [9.17, 15) is 0 Å². The average molecular weight is 364 g/mol. The molecule has 1 unspecified atom stereocenters. The molecular formula is C23H29N3O. The second-order valence-corrected chi connectivity index (χ2v) is 7.69. The van der Waals surface area contributed by atoms with E-state index in [1.54, 1.807) is 7.11 Å². The van der Waals surface area contributed by atoms with Crippen LogP contribution in [0.25, 0.3) is 6.08 Å². The Morgan fingerprint density at radius 2 is 2.04 bits per heavy atom. The Bertz CT molecular complexity index is 868. The van der Waals surface area contributed by atoms with Crippen LogP contribution < -0.4 is 0 Å². The van der Waals surface area contributed by atoms with E-state index in [0.717, 1.165) is 29.3 Å². The lowest BCUT2D eigenvalue weighted by molar-refractivity contribution is 0.303. The van der Waals surface area contributed by atoms with Crippen molar-refractivity contribution in [2.24, 2.45) is 4.99 Å². The minimum absolute atomic E-state index is 0.559. The Labute approximate surface area is 161 Å². The third-order valence-corrected chi connectivity index (χ3v) is 5.69. The summed E-state index contributed by atoms with van der Waals surface area (Å²) in [5, 5.41) is 0. The number of methoxy groups -OCH3 is 1. The second kappa shape index (κ2) is 8.03. The highest BCUT2D eigenvalue weighted by Gasteiger charge is 2.20. The van der Waals surface area contributed by atoms with Gasteiger partial charge in [-0.2, -0.15) is 0 Å². The molecule has 2 aliphatic rings. The van der Waals surface area contributed by atoms with Crippen molar-refractivity contribution in [1.82, 2.24) is 9.97 Å². The number of aryl methyl sites for hydroxylation is 1. The molecule has 27 heavy (non-hydrogen) atoms. The molecule has 142 valence electrons. The molecule has 4 rings (SSSR count). The van der Waals surface area contributed by atoms with Gasteiger partial charge in [-0.1, -0.05) is 32.6 Å². The topological polar surface area (TPSA) is 53.2 Å². The number of ether oxygens (including phenoxy) is 1. The number of hydrogen-bond acceptors (Lipinski definition) is 2. The van der Waals surface area contributed by atoms with E-state index in [1.165, 1.54) is 55.5 Å². The van der Waals surface area contributed by atoms with E-state index >= 15 is 0 Å². The van der Waals surface area contributed by atoms with Crippen molar-refractivity contribution >= 4 is 11.8 Å². The lowest BCUT2D eigenvalue weighted by atomic mass is 9.94. The van der Waals surface area contributed by atoms with Crippen LogP contribution in [0.1, 0.15) is 74.0 Å². The van der Waals surface area contributed by atoms with Crippen LogP contribution in [-0.2, 0) is 11.2 Å². The van der Waals surface area contributed by atoms with E-state index in [-0.39, 0.29) is 0 Å². The van der Waals surface area contributed by atoms with Crippen LogP contribution in [0.15, 0.2) is 46.9 Å². The first-order chi connectivity index (χ1) is 13.2. The molecule has 0 saturated heterocycles. The number of nitrogens with zero attached hydrogens (tertiary/aromatic N) is 1. The summed E-state index contributed by atoms with van der Waals surface area (Å²) in [7, 11) is 1.71. The first-order valence-electron chi connectivity index (χ1n) is 10.2. The first kappa shape index (κ1) is 17.9. The lowest BCUT2D eigenvalue weighted by Crippen LogP contribution is -1.96. The normalized spacial score (nSPS) is 22.3. The standard InChI is InChI=1S/C23H29N3O/c1-16-9-6-4-3-5-7-10-17-13-18(16)20(25-17)14-22-23(27-2)15-21(26-22)19-11-8-12-24-19/h8,11-16,24-25H,3-7,9-10H2,1-2H3. The fourth-order valence-electron chi connectivity index (χ4n) is 4.11. The maximum absolute atomic E-state index is 5.60. The van der Waals surface area contributed by atoms with Crippen molar-refractivity contribution in [3.63, 3.8) is 0 Å². The largest absolute Gasteiger partial charge is 0.494 e. The summed E-state index contributed by atoms with van der Waals surface area (Å²) in [5.41, 5.74) is 6.76. The molecule has 2 bridgehead atoms. The summed E-state index contributed by atoms with van der Waals surface area (Å²) in [5.74, 6) is 1.37. The zero-order valence-corrected chi connectivity index (χ0v) is 16.3. The summed E-state index contributed by atoms with van der Waals surface area (Å²) in [6.45, 7) is 2.35. The third-order valence-electron chi connectivity index (χ3n) is 5.69. The Hall–Kier alpha value is -2.49. The summed E-state index contributed by atoms with van der Waals surface area (Å²) < 4.78 is 5.60. The maximum atomic E-state index is 5.60. The molecule has 1 aliphatic carbocycles. The van der Waals surface area contributed by atoms with Crippen LogP contribution in [0.5, 0.6) is 0 Å². The molecule has 4 nitrogen and oxygen atoms in total. The van der Waals surface area contributed by atoms with E-state index in [0.29, 0.717) is 5.92 Å². The highest BCUT2D eigenvalue weighted by Crippen LogP contribution is 2.31. The third kappa shape index (κ3) is 3.95. The molecule has 0 spiro atoms. The average Bonchev–Trinajstić information content (AvgIpc) is 3.39. The Morgan fingerprint density at radius 3 is 2.85 bits per heavy atom. The molecule has 0 saturated carbocycles. The number of nitrogens with one attached hydrogen (secondary N) is 2. The van der Waals surface area contributed by atoms with Gasteiger partial charge in [-0.25, -0.2) is 4.99 Å². The molecule has 2 aromatic rings. The summed E-state index contributed by atoms with van der Waals surface area (Å²) in [4.78, 5) is 11.7. The number of rotatable bonds is 3. The van der Waals surface area contributed by atoms with Crippen LogP contribution >= 0.6 is 0 Å². The number of aromatic amines is 2. The monoisotopic (exact) mass is 363 g/mol. The smallest absolute Gasteiger partial charge is 0.146 e. The summed E-state index contributed by atoms with van der Waals surface area (Å²) >= 11 is 0. The van der Waals surface area contributed by atoms with Gasteiger partial charge in [0.2, 0.25) is 0 Å². The van der Waals surface area contributed by atoms with Crippen molar-refractivity contribution < 1.29 is 4.74 Å². The van der Waals surface area contributed by atoms with Crippen LogP contribution in [0.3, 0.4) is 0 Å². The Morgan fingerprint density at radius 1 is 1.19 bits per heavy atom. The predicted octanol–water partition coefficient (Wildman–Crippen LogP) is 5.72. The van der Waals surface area contributed by atoms with Crippen molar-refractivity contribution in [1.29, 1.82) is 0 Å². The van der Waals surface area contributed by atoms with Gasteiger partial charge in [0, 0.05) is 23.7 Å². The number of aliphatic imine (C=N–C) groups is 1. The number of fused-ring (bicyclic) bond motifs is 2. The van der Waals surface area contributed by atoms with Crippen LogP contribution in [0.2, 0.25) is 0 Å². The lowest BCUT2D eigenvalue weighted by Gasteiger charge is -2.12. The molecule has 1 atom stereocenters. The molecule has 0 radical (unpaired) electrons. The number of allylic oxidation sites excluding steroid dienone is 1. The van der Waals surface area contributed by atoms with Gasteiger partial charge in [0.25, 0.3) is 0 Å². The van der Waals surface area contributed by atoms with Crippen LogP contribution in [-0.4, -0.2) is 22.8 Å². The minimum Gasteiger partial charge on any atom is -0.494 e. The van der Waals surface area contributed by atoms with Crippen LogP contribution in [0, 0.1) is 0 Å². The van der Waals surface area contributed by atoms with Gasteiger partial charge in [0.1, 0.15) is 11.5 Å². The molecule has 4 heteroatoms. The molecule has 2 aromatic heterocycles. The van der Waals surface area contributed by atoms with Gasteiger partial charge in [0.05, 0.1) is 18.5 Å². The number of aromatic nitrogens is 2. The van der Waals surface area contributed by atoms with E-state index in [2.05, 4.69) is 29.0 Å².